The van der Waals surface area contributed by atoms with Crippen LogP contribution in [0.25, 0.3) is 0 Å². The van der Waals surface area contributed by atoms with E-state index in [-0.39, 0.29) is 24.0 Å². The zero-order chi connectivity index (χ0) is 13.5. The molecule has 0 spiro atoms. The number of nitrogens with one attached hydrogen (secondary N) is 1. The highest BCUT2D eigenvalue weighted by Gasteiger charge is 2.01. The van der Waals surface area contributed by atoms with Gasteiger partial charge in [-0.05, 0) is 30.0 Å². The smallest absolute Gasteiger partial charge is 0.188 e. The van der Waals surface area contributed by atoms with E-state index in [0.29, 0.717) is 37.0 Å². The number of hydrogen-bond acceptors (Lipinski definition) is 1. The average Bonchev–Trinajstić information content (AvgIpc) is 2.25. The van der Waals surface area contributed by atoms with Crippen LogP contribution in [0.5, 0.6) is 0 Å². The monoisotopic (exact) mass is 383 g/mol. The molecule has 3 nitrogen and oxygen atoms in total. The predicted molar refractivity (Wildman–Crippen MR) is 84.8 cm³/mol. The first-order valence-corrected chi connectivity index (χ1v) is 5.96. The van der Waals surface area contributed by atoms with Crippen LogP contribution in [-0.4, -0.2) is 19.0 Å². The van der Waals surface area contributed by atoms with Gasteiger partial charge in [0.2, 0.25) is 0 Å². The molecule has 0 unspecified atom stereocenters. The lowest BCUT2D eigenvalue weighted by molar-refractivity contribution is 0.579. The summed E-state index contributed by atoms with van der Waals surface area (Å²) in [5.41, 5.74) is 6.23. The summed E-state index contributed by atoms with van der Waals surface area (Å²) in [5.74, 6) is -0.318. The van der Waals surface area contributed by atoms with Crippen molar-refractivity contribution in [1.29, 1.82) is 0 Å². The fourth-order valence-electron chi connectivity index (χ4n) is 1.43. The Morgan fingerprint density at radius 3 is 2.37 bits per heavy atom. The van der Waals surface area contributed by atoms with Crippen LogP contribution >= 0.6 is 24.0 Å². The highest BCUT2D eigenvalue weighted by Crippen LogP contribution is 2.07. The van der Waals surface area contributed by atoms with E-state index in [1.165, 1.54) is 12.1 Å². The van der Waals surface area contributed by atoms with Gasteiger partial charge < -0.3 is 11.1 Å². The van der Waals surface area contributed by atoms with E-state index in [1.54, 1.807) is 0 Å². The van der Waals surface area contributed by atoms with Crippen molar-refractivity contribution in [1.82, 2.24) is 5.32 Å². The van der Waals surface area contributed by atoms with E-state index in [4.69, 9.17) is 5.73 Å². The molecule has 0 radical (unpaired) electrons. The summed E-state index contributed by atoms with van der Waals surface area (Å²) >= 11 is 0. The number of nitrogens with zero attached hydrogens (tertiary/aromatic N) is 1. The lowest BCUT2D eigenvalue weighted by Gasteiger charge is -2.07. The molecule has 0 heterocycles. The quantitative estimate of drug-likeness (QED) is 0.467. The predicted octanol–water partition coefficient (Wildman–Crippen LogP) is 2.69. The first-order valence-electron chi connectivity index (χ1n) is 5.96. The number of guanidine groups is 1. The molecule has 0 bridgehead atoms. The van der Waals surface area contributed by atoms with Crippen LogP contribution in [0.15, 0.2) is 23.2 Å². The molecule has 0 aromatic heterocycles. The third-order valence-corrected chi connectivity index (χ3v) is 2.27. The van der Waals surface area contributed by atoms with Gasteiger partial charge in [-0.2, -0.15) is 0 Å². The van der Waals surface area contributed by atoms with Gasteiger partial charge in [0.15, 0.2) is 5.96 Å². The molecule has 0 fully saturated rings. The van der Waals surface area contributed by atoms with Gasteiger partial charge in [0.25, 0.3) is 0 Å². The Morgan fingerprint density at radius 1 is 1.26 bits per heavy atom. The van der Waals surface area contributed by atoms with Crippen molar-refractivity contribution in [3.8, 4) is 0 Å². The summed E-state index contributed by atoms with van der Waals surface area (Å²) in [5, 5.41) is 2.91. The molecular weight excluding hydrogens is 363 g/mol. The van der Waals surface area contributed by atoms with Gasteiger partial charge in [-0.25, -0.2) is 8.78 Å². The van der Waals surface area contributed by atoms with Crippen LogP contribution < -0.4 is 11.1 Å². The van der Waals surface area contributed by atoms with Crippen molar-refractivity contribution >= 4 is 29.9 Å². The largest absolute Gasteiger partial charge is 0.370 e. The second-order valence-corrected chi connectivity index (χ2v) is 4.57. The molecule has 0 saturated heterocycles. The minimum absolute atomic E-state index is 0. The van der Waals surface area contributed by atoms with Gasteiger partial charge in [0.1, 0.15) is 11.6 Å². The molecule has 19 heavy (non-hydrogen) atoms. The fraction of sp³-hybridized carbons (Fsp3) is 0.462. The van der Waals surface area contributed by atoms with E-state index >= 15 is 0 Å². The van der Waals surface area contributed by atoms with Gasteiger partial charge >= 0.3 is 0 Å². The van der Waals surface area contributed by atoms with Crippen molar-refractivity contribution in [3.63, 3.8) is 0 Å². The number of benzene rings is 1. The summed E-state index contributed by atoms with van der Waals surface area (Å²) in [6, 6.07) is 3.48. The maximum Gasteiger partial charge on any atom is 0.188 e. The third kappa shape index (κ3) is 7.97. The minimum Gasteiger partial charge on any atom is -0.370 e. The van der Waals surface area contributed by atoms with E-state index in [1.807, 2.05) is 13.8 Å². The van der Waals surface area contributed by atoms with E-state index in [0.717, 1.165) is 6.07 Å². The highest BCUT2D eigenvalue weighted by molar-refractivity contribution is 14.0. The van der Waals surface area contributed by atoms with Gasteiger partial charge in [-0.1, -0.05) is 13.8 Å². The van der Waals surface area contributed by atoms with Crippen LogP contribution in [0, 0.1) is 17.6 Å². The van der Waals surface area contributed by atoms with Crippen molar-refractivity contribution in [2.45, 2.75) is 20.3 Å². The van der Waals surface area contributed by atoms with Gasteiger partial charge in [-0.15, -0.1) is 24.0 Å². The van der Waals surface area contributed by atoms with Gasteiger partial charge in [-0.3, -0.25) is 4.99 Å². The van der Waals surface area contributed by atoms with E-state index in [2.05, 4.69) is 10.3 Å². The number of nitrogens with two attached hydrogens (primary N) is 1. The number of rotatable bonds is 5. The molecule has 0 aliphatic rings. The molecule has 0 aliphatic carbocycles. The second-order valence-electron chi connectivity index (χ2n) is 4.57. The Labute approximate surface area is 129 Å². The van der Waals surface area contributed by atoms with Crippen LogP contribution in [0.4, 0.5) is 8.78 Å². The second kappa shape index (κ2) is 9.06. The van der Waals surface area contributed by atoms with Gasteiger partial charge in [0.05, 0.1) is 0 Å². The molecule has 6 heteroatoms. The average molecular weight is 383 g/mol. The lowest BCUT2D eigenvalue weighted by atomic mass is 10.1. The Hall–Kier alpha value is -0.920. The summed E-state index contributed by atoms with van der Waals surface area (Å²) < 4.78 is 25.8. The normalized spacial score (nSPS) is 11.3. The number of halogens is 3. The SMILES string of the molecule is CC(C)CN=C(N)NCCc1cc(F)cc(F)c1.I. The summed E-state index contributed by atoms with van der Waals surface area (Å²) in [7, 11) is 0. The minimum atomic E-state index is -0.563. The topological polar surface area (TPSA) is 50.4 Å². The van der Waals surface area contributed by atoms with Crippen molar-refractivity contribution in [3.05, 3.63) is 35.4 Å². The van der Waals surface area contributed by atoms with Crippen LogP contribution in [-0.2, 0) is 6.42 Å². The molecule has 0 amide bonds. The van der Waals surface area contributed by atoms with E-state index < -0.39 is 11.6 Å². The first-order chi connectivity index (χ1) is 8.47. The van der Waals surface area contributed by atoms with Crippen molar-refractivity contribution < 1.29 is 8.78 Å². The molecule has 1 aromatic rings. The molecular formula is C13H20F2IN3. The third-order valence-electron chi connectivity index (χ3n) is 2.27. The molecule has 3 N–H and O–H groups in total. The molecule has 0 atom stereocenters. The number of hydrogen-bond donors (Lipinski definition) is 2. The summed E-state index contributed by atoms with van der Waals surface area (Å²) in [6.07, 6.45) is 0.493. The standard InChI is InChI=1S/C13H19F2N3.HI/c1-9(2)8-18-13(16)17-4-3-10-5-11(14)7-12(15)6-10;/h5-7,9H,3-4,8H2,1-2H3,(H3,16,17,18);1H. The Bertz CT molecular complexity index is 402. The molecule has 0 aliphatic heterocycles. The highest BCUT2D eigenvalue weighted by atomic mass is 127. The molecule has 1 aromatic carbocycles. The lowest BCUT2D eigenvalue weighted by Crippen LogP contribution is -2.33. The maximum atomic E-state index is 12.9. The molecule has 1 rings (SSSR count). The van der Waals surface area contributed by atoms with Crippen LogP contribution in [0.1, 0.15) is 19.4 Å². The maximum absolute atomic E-state index is 12.9. The van der Waals surface area contributed by atoms with E-state index in [9.17, 15) is 8.78 Å². The Morgan fingerprint density at radius 2 is 1.84 bits per heavy atom. The van der Waals surface area contributed by atoms with Crippen molar-refractivity contribution in [2.24, 2.45) is 16.6 Å². The number of aliphatic imine (C=N–C) groups is 1. The summed E-state index contributed by atoms with van der Waals surface area (Å²) in [4.78, 5) is 4.13. The van der Waals surface area contributed by atoms with Crippen LogP contribution in [0.3, 0.4) is 0 Å². The zero-order valence-corrected chi connectivity index (χ0v) is 13.4. The van der Waals surface area contributed by atoms with Crippen LogP contribution in [0.2, 0.25) is 0 Å². The first kappa shape index (κ1) is 18.1. The Balaban J connectivity index is 0.00000324. The fourth-order valence-corrected chi connectivity index (χ4v) is 1.43. The Kier molecular flexibility index (Phi) is 8.62. The zero-order valence-electron chi connectivity index (χ0n) is 11.1. The summed E-state index contributed by atoms with van der Waals surface area (Å²) in [6.45, 7) is 5.25. The molecule has 0 saturated carbocycles. The van der Waals surface area contributed by atoms with Gasteiger partial charge in [0, 0.05) is 19.2 Å². The van der Waals surface area contributed by atoms with Crippen molar-refractivity contribution in [2.75, 3.05) is 13.1 Å². The molecule has 108 valence electrons.